The number of halogens is 7. The molecule has 0 bridgehead atoms. The van der Waals surface area contributed by atoms with Gasteiger partial charge in [0.15, 0.2) is 5.75 Å². The molecule has 1 amide bonds. The van der Waals surface area contributed by atoms with Gasteiger partial charge < -0.3 is 4.74 Å². The SMILES string of the molecule is CN1NNN=C1NC(=O)c1ccc(OC(F)(F)F)c(NS(=O)(=O)C(F)(F)F)c1Cl. The summed E-state index contributed by atoms with van der Waals surface area (Å²) >= 11 is 5.73. The highest BCUT2D eigenvalue weighted by atomic mass is 35.5. The highest BCUT2D eigenvalue weighted by Crippen LogP contribution is 2.40. The van der Waals surface area contributed by atoms with Crippen molar-refractivity contribution in [2.45, 2.75) is 11.9 Å². The van der Waals surface area contributed by atoms with Crippen molar-refractivity contribution in [2.75, 3.05) is 11.8 Å². The summed E-state index contributed by atoms with van der Waals surface area (Å²) in [7, 11) is -4.80. The van der Waals surface area contributed by atoms with Gasteiger partial charge in [0.2, 0.25) is 5.96 Å². The smallest absolute Gasteiger partial charge is 0.403 e. The number of rotatable bonds is 4. The third-order valence-corrected chi connectivity index (χ3v) is 4.51. The number of carbonyl (C=O) groups excluding carboxylic acids is 1. The van der Waals surface area contributed by atoms with Gasteiger partial charge in [-0.3, -0.25) is 19.8 Å². The fourth-order valence-corrected chi connectivity index (χ4v) is 2.72. The van der Waals surface area contributed by atoms with Crippen LogP contribution in [0.15, 0.2) is 17.2 Å². The first kappa shape index (κ1) is 22.6. The van der Waals surface area contributed by atoms with E-state index in [2.05, 4.69) is 26.2 Å². The van der Waals surface area contributed by atoms with Gasteiger partial charge in [-0.1, -0.05) is 11.6 Å². The van der Waals surface area contributed by atoms with Crippen LogP contribution in [0.1, 0.15) is 10.4 Å². The van der Waals surface area contributed by atoms with Crippen molar-refractivity contribution >= 4 is 39.2 Å². The summed E-state index contributed by atoms with van der Waals surface area (Å²) in [6.45, 7) is 0. The molecule has 0 spiro atoms. The van der Waals surface area contributed by atoms with E-state index in [0.29, 0.717) is 12.1 Å². The van der Waals surface area contributed by atoms with E-state index >= 15 is 0 Å². The van der Waals surface area contributed by atoms with Crippen LogP contribution in [0, 0.1) is 0 Å². The number of nitrogens with one attached hydrogen (secondary N) is 4. The van der Waals surface area contributed by atoms with Crippen LogP contribution in [0.25, 0.3) is 0 Å². The van der Waals surface area contributed by atoms with Gasteiger partial charge in [0, 0.05) is 7.05 Å². The predicted octanol–water partition coefficient (Wildman–Crippen LogP) is 1.46. The highest BCUT2D eigenvalue weighted by molar-refractivity contribution is 7.93. The van der Waals surface area contributed by atoms with Crippen LogP contribution in [0.4, 0.5) is 32.0 Å². The standard InChI is InChI=1S/C11H9ClF6N6O4S/c1-24-9(20-22-23-24)19-8(25)4-2-3-5(28-10(13,14)15)7(6(4)12)21-29(26,27)11(16,17)18/h2-3,21-23H,1H3,(H,19,20,25). The molecule has 0 fully saturated rings. The quantitative estimate of drug-likeness (QED) is 0.491. The molecule has 18 heteroatoms. The number of alkyl halides is 6. The minimum Gasteiger partial charge on any atom is -0.403 e. The Balaban J connectivity index is 2.49. The first-order valence-electron chi connectivity index (χ1n) is 6.93. The normalized spacial score (nSPS) is 14.9. The highest BCUT2D eigenvalue weighted by Gasteiger charge is 2.47. The molecule has 2 rings (SSSR count). The van der Waals surface area contributed by atoms with Gasteiger partial charge in [-0.2, -0.15) is 21.6 Å². The Morgan fingerprint density at radius 2 is 1.86 bits per heavy atom. The lowest BCUT2D eigenvalue weighted by Gasteiger charge is -2.19. The monoisotopic (exact) mass is 470 g/mol. The second kappa shape index (κ2) is 7.64. The van der Waals surface area contributed by atoms with E-state index in [1.165, 1.54) is 7.05 Å². The number of ether oxygens (including phenoxy) is 1. The van der Waals surface area contributed by atoms with E-state index in [0.717, 1.165) is 9.73 Å². The summed E-state index contributed by atoms with van der Waals surface area (Å²) < 4.78 is 102. The number of sulfonamides is 1. The summed E-state index contributed by atoms with van der Waals surface area (Å²) in [5.41, 5.74) is -3.35. The zero-order valence-corrected chi connectivity index (χ0v) is 15.3. The Labute approximate surface area is 162 Å². The molecule has 1 aliphatic rings. The van der Waals surface area contributed by atoms with E-state index in [9.17, 15) is 39.6 Å². The average molecular weight is 471 g/mol. The topological polar surface area (TPSA) is 124 Å². The molecule has 0 saturated heterocycles. The second-order valence-corrected chi connectivity index (χ2v) is 7.12. The van der Waals surface area contributed by atoms with Crippen LogP contribution >= 0.6 is 11.6 Å². The molecule has 1 aromatic rings. The second-order valence-electron chi connectivity index (χ2n) is 5.07. The average Bonchev–Trinajstić information content (AvgIpc) is 2.93. The number of hydrogen-bond donors (Lipinski definition) is 4. The summed E-state index contributed by atoms with van der Waals surface area (Å²) in [5.74, 6) is -2.68. The number of hydrogen-bond acceptors (Lipinski definition) is 8. The van der Waals surface area contributed by atoms with Gasteiger partial charge in [0.05, 0.1) is 10.6 Å². The number of amides is 1. The number of nitrogens with zero attached hydrogens (tertiary/aromatic N) is 2. The van der Waals surface area contributed by atoms with Crippen LogP contribution in [-0.2, 0) is 10.0 Å². The van der Waals surface area contributed by atoms with Crippen molar-refractivity contribution in [1.29, 1.82) is 0 Å². The van der Waals surface area contributed by atoms with Gasteiger partial charge in [-0.15, -0.1) is 23.8 Å². The summed E-state index contributed by atoms with van der Waals surface area (Å²) in [4.78, 5) is 12.3. The van der Waals surface area contributed by atoms with Crippen LogP contribution in [0.3, 0.4) is 0 Å². The van der Waals surface area contributed by atoms with Crippen LogP contribution in [-0.4, -0.2) is 44.2 Å². The molecule has 0 atom stereocenters. The largest absolute Gasteiger partial charge is 0.573 e. The van der Waals surface area contributed by atoms with E-state index < -0.39 is 49.8 Å². The molecule has 0 saturated carbocycles. The Morgan fingerprint density at radius 3 is 2.34 bits per heavy atom. The molecule has 4 N–H and O–H groups in total. The first-order valence-corrected chi connectivity index (χ1v) is 8.79. The third-order valence-electron chi connectivity index (χ3n) is 3.04. The van der Waals surface area contributed by atoms with Crippen LogP contribution < -0.4 is 25.8 Å². The molecule has 10 nitrogen and oxygen atoms in total. The molecule has 1 aliphatic heterocycles. The van der Waals surface area contributed by atoms with E-state index in [1.54, 1.807) is 0 Å². The van der Waals surface area contributed by atoms with Crippen molar-refractivity contribution < 1.29 is 44.3 Å². The van der Waals surface area contributed by atoms with Gasteiger partial charge in [0.1, 0.15) is 5.69 Å². The number of benzene rings is 1. The fraction of sp³-hybridized carbons (Fsp3) is 0.273. The molecule has 0 unspecified atom stereocenters. The fourth-order valence-electron chi connectivity index (χ4n) is 1.79. The van der Waals surface area contributed by atoms with E-state index in [1.807, 2.05) is 0 Å². The molecule has 0 aliphatic carbocycles. The van der Waals surface area contributed by atoms with Crippen molar-refractivity contribution in [3.8, 4) is 5.75 Å². The molecule has 0 radical (unpaired) electrons. The summed E-state index contributed by atoms with van der Waals surface area (Å²) in [6, 6.07) is 1.10. The molecule has 162 valence electrons. The molecular weight excluding hydrogens is 462 g/mol. The van der Waals surface area contributed by atoms with Crippen molar-refractivity contribution in [3.63, 3.8) is 0 Å². The van der Waals surface area contributed by atoms with E-state index in [-0.39, 0.29) is 5.96 Å². The molecule has 1 heterocycles. The van der Waals surface area contributed by atoms with Crippen LogP contribution in [0.5, 0.6) is 5.75 Å². The maximum absolute atomic E-state index is 12.6. The van der Waals surface area contributed by atoms with Crippen molar-refractivity contribution in [3.05, 3.63) is 22.7 Å². The molecule has 1 aromatic carbocycles. The summed E-state index contributed by atoms with van der Waals surface area (Å²) in [5, 5.41) is 5.77. The molecule has 29 heavy (non-hydrogen) atoms. The Bertz CT molecular complexity index is 950. The minimum absolute atomic E-state index is 0.140. The first-order chi connectivity index (χ1) is 13.1. The third kappa shape index (κ3) is 5.24. The number of hydrazone groups is 1. The number of hydrazine groups is 2. The predicted molar refractivity (Wildman–Crippen MR) is 85.7 cm³/mol. The number of guanidine groups is 1. The lowest BCUT2D eigenvalue weighted by atomic mass is 10.1. The lowest BCUT2D eigenvalue weighted by molar-refractivity contribution is -0.274. The van der Waals surface area contributed by atoms with Crippen LogP contribution in [0.2, 0.25) is 5.02 Å². The van der Waals surface area contributed by atoms with E-state index in [4.69, 9.17) is 11.6 Å². The Hall–Kier alpha value is -2.66. The Kier molecular flexibility index (Phi) is 5.96. The molecular formula is C11H9ClF6N6O4S. The van der Waals surface area contributed by atoms with Gasteiger partial charge in [-0.05, 0) is 12.1 Å². The van der Waals surface area contributed by atoms with Gasteiger partial charge in [-0.25, -0.2) is 5.53 Å². The van der Waals surface area contributed by atoms with Gasteiger partial charge in [0.25, 0.3) is 5.91 Å². The summed E-state index contributed by atoms with van der Waals surface area (Å²) in [6.07, 6.45) is -5.40. The zero-order chi connectivity index (χ0) is 22.2. The zero-order valence-electron chi connectivity index (χ0n) is 13.7. The van der Waals surface area contributed by atoms with Crippen molar-refractivity contribution in [2.24, 2.45) is 5.10 Å². The number of anilines is 1. The maximum atomic E-state index is 12.6. The van der Waals surface area contributed by atoms with Crippen molar-refractivity contribution in [1.82, 2.24) is 21.4 Å². The lowest BCUT2D eigenvalue weighted by Crippen LogP contribution is -2.45. The minimum atomic E-state index is -6.19. The molecule has 0 aromatic heterocycles. The maximum Gasteiger partial charge on any atom is 0.573 e. The Morgan fingerprint density at radius 1 is 1.24 bits per heavy atom. The van der Waals surface area contributed by atoms with Gasteiger partial charge >= 0.3 is 21.9 Å². The number of carbonyl (C=O) groups is 1.